The fourth-order valence-electron chi connectivity index (χ4n) is 1.90. The highest BCUT2D eigenvalue weighted by atomic mass is 32.2. The lowest BCUT2D eigenvalue weighted by atomic mass is 10.1. The molecular formula is C14H15FN2O2S. The number of nitrogens with two attached hydrogens (primary N) is 1. The van der Waals surface area contributed by atoms with Crippen LogP contribution in [0.15, 0.2) is 41.3 Å². The third-order valence-corrected chi connectivity index (χ3v) is 4.57. The van der Waals surface area contributed by atoms with E-state index in [1.807, 2.05) is 0 Å². The Morgan fingerprint density at radius 2 is 1.65 bits per heavy atom. The van der Waals surface area contributed by atoms with Gasteiger partial charge in [-0.2, -0.15) is 0 Å². The van der Waals surface area contributed by atoms with E-state index in [2.05, 4.69) is 4.72 Å². The molecule has 0 aliphatic carbocycles. The topological polar surface area (TPSA) is 72.2 Å². The van der Waals surface area contributed by atoms with Gasteiger partial charge >= 0.3 is 0 Å². The van der Waals surface area contributed by atoms with Gasteiger partial charge in [-0.3, -0.25) is 4.72 Å². The summed E-state index contributed by atoms with van der Waals surface area (Å²) in [6, 6.07) is 8.99. The van der Waals surface area contributed by atoms with Crippen molar-refractivity contribution in [3.63, 3.8) is 0 Å². The molecule has 2 aromatic carbocycles. The summed E-state index contributed by atoms with van der Waals surface area (Å²) in [5.74, 6) is -0.639. The zero-order valence-electron chi connectivity index (χ0n) is 11.1. The van der Waals surface area contributed by atoms with E-state index in [0.29, 0.717) is 11.1 Å². The van der Waals surface area contributed by atoms with Crippen LogP contribution in [0, 0.1) is 19.7 Å². The van der Waals surface area contributed by atoms with Gasteiger partial charge in [-0.05, 0) is 37.1 Å². The van der Waals surface area contributed by atoms with Gasteiger partial charge in [0.25, 0.3) is 10.0 Å². The molecule has 0 saturated carbocycles. The van der Waals surface area contributed by atoms with Crippen LogP contribution in [0.5, 0.6) is 0 Å². The molecule has 0 saturated heterocycles. The van der Waals surface area contributed by atoms with E-state index in [0.717, 1.165) is 0 Å². The minimum absolute atomic E-state index is 0.0132. The summed E-state index contributed by atoms with van der Waals surface area (Å²) in [6.07, 6.45) is 0. The van der Waals surface area contributed by atoms with Crippen LogP contribution >= 0.6 is 0 Å². The van der Waals surface area contributed by atoms with Crippen molar-refractivity contribution in [2.75, 3.05) is 10.5 Å². The van der Waals surface area contributed by atoms with E-state index >= 15 is 0 Å². The molecule has 0 atom stereocenters. The van der Waals surface area contributed by atoms with Crippen LogP contribution in [-0.4, -0.2) is 8.42 Å². The van der Waals surface area contributed by atoms with Crippen LogP contribution in [0.1, 0.15) is 11.1 Å². The highest BCUT2D eigenvalue weighted by molar-refractivity contribution is 7.93. The fraction of sp³-hybridized carbons (Fsp3) is 0.143. The van der Waals surface area contributed by atoms with Crippen LogP contribution in [0.3, 0.4) is 0 Å². The van der Waals surface area contributed by atoms with Gasteiger partial charge in [0.05, 0.1) is 11.4 Å². The molecule has 3 N–H and O–H groups in total. The van der Waals surface area contributed by atoms with E-state index in [4.69, 9.17) is 5.73 Å². The van der Waals surface area contributed by atoms with Gasteiger partial charge in [-0.1, -0.05) is 24.3 Å². The lowest BCUT2D eigenvalue weighted by Crippen LogP contribution is -2.17. The van der Waals surface area contributed by atoms with Crippen LogP contribution in [0.2, 0.25) is 0 Å². The lowest BCUT2D eigenvalue weighted by Gasteiger charge is -2.14. The Hall–Kier alpha value is -2.08. The van der Waals surface area contributed by atoms with Crippen LogP contribution in [0.4, 0.5) is 15.8 Å². The summed E-state index contributed by atoms with van der Waals surface area (Å²) >= 11 is 0. The SMILES string of the molecule is Cc1ccc(C)c(S(=O)(=O)Nc2ccccc2F)c1N. The first-order chi connectivity index (χ1) is 9.33. The first kappa shape index (κ1) is 14.3. The molecule has 0 aliphatic rings. The number of nitrogens with one attached hydrogen (secondary N) is 1. The zero-order chi connectivity index (χ0) is 14.9. The Morgan fingerprint density at radius 3 is 2.30 bits per heavy atom. The molecule has 0 unspecified atom stereocenters. The van der Waals surface area contributed by atoms with Crippen molar-refractivity contribution in [1.82, 2.24) is 0 Å². The Labute approximate surface area is 117 Å². The molecule has 0 amide bonds. The maximum Gasteiger partial charge on any atom is 0.264 e. The third-order valence-electron chi connectivity index (χ3n) is 3.00. The van der Waals surface area contributed by atoms with E-state index in [-0.39, 0.29) is 16.3 Å². The van der Waals surface area contributed by atoms with Crippen LogP contribution in [-0.2, 0) is 10.0 Å². The maximum absolute atomic E-state index is 13.6. The summed E-state index contributed by atoms with van der Waals surface area (Å²) in [7, 11) is -3.93. The molecule has 0 spiro atoms. The van der Waals surface area contributed by atoms with E-state index in [9.17, 15) is 12.8 Å². The molecule has 0 aromatic heterocycles. The molecule has 2 aromatic rings. The predicted octanol–water partition coefficient (Wildman–Crippen LogP) is 2.83. The number of hydrogen-bond acceptors (Lipinski definition) is 3. The number of nitrogen functional groups attached to an aromatic ring is 1. The largest absolute Gasteiger partial charge is 0.397 e. The number of sulfonamides is 1. The van der Waals surface area contributed by atoms with Crippen molar-refractivity contribution in [1.29, 1.82) is 0 Å². The molecule has 0 radical (unpaired) electrons. The van der Waals surface area contributed by atoms with Gasteiger partial charge in [0.15, 0.2) is 0 Å². The van der Waals surface area contributed by atoms with Gasteiger partial charge in [0, 0.05) is 0 Å². The highest BCUT2D eigenvalue weighted by Crippen LogP contribution is 2.28. The minimum Gasteiger partial charge on any atom is -0.397 e. The first-order valence-electron chi connectivity index (χ1n) is 5.96. The Balaban J connectivity index is 2.52. The Bertz CT molecular complexity index is 758. The number of benzene rings is 2. The zero-order valence-corrected chi connectivity index (χ0v) is 12.0. The van der Waals surface area contributed by atoms with E-state index < -0.39 is 15.8 Å². The monoisotopic (exact) mass is 294 g/mol. The number of aryl methyl sites for hydroxylation is 2. The second kappa shape index (κ2) is 5.13. The van der Waals surface area contributed by atoms with Gasteiger partial charge in [-0.25, -0.2) is 12.8 Å². The Morgan fingerprint density at radius 1 is 1.05 bits per heavy atom. The number of halogens is 1. The second-order valence-electron chi connectivity index (χ2n) is 4.53. The fourth-order valence-corrected chi connectivity index (χ4v) is 3.40. The van der Waals surface area contributed by atoms with Crippen molar-refractivity contribution in [2.24, 2.45) is 0 Å². The van der Waals surface area contributed by atoms with Crippen LogP contribution < -0.4 is 10.5 Å². The summed E-state index contributed by atoms with van der Waals surface area (Å²) < 4.78 is 40.6. The maximum atomic E-state index is 13.6. The average Bonchev–Trinajstić information content (AvgIpc) is 2.37. The summed E-state index contributed by atoms with van der Waals surface area (Å²) in [5, 5.41) is 0. The standard InChI is InChI=1S/C14H15FN2O2S/c1-9-7-8-10(2)14(13(9)16)20(18,19)17-12-6-4-3-5-11(12)15/h3-8,17H,16H2,1-2H3. The molecule has 2 rings (SSSR count). The van der Waals surface area contributed by atoms with Crippen molar-refractivity contribution in [3.8, 4) is 0 Å². The Kier molecular flexibility index (Phi) is 3.67. The number of hydrogen-bond donors (Lipinski definition) is 2. The van der Waals surface area contributed by atoms with Gasteiger partial charge in [-0.15, -0.1) is 0 Å². The van der Waals surface area contributed by atoms with Crippen molar-refractivity contribution in [3.05, 3.63) is 53.3 Å². The van der Waals surface area contributed by atoms with E-state index in [1.165, 1.54) is 18.2 Å². The van der Waals surface area contributed by atoms with Gasteiger partial charge < -0.3 is 5.73 Å². The highest BCUT2D eigenvalue weighted by Gasteiger charge is 2.22. The molecule has 0 bridgehead atoms. The normalized spacial score (nSPS) is 11.3. The van der Waals surface area contributed by atoms with Crippen molar-refractivity contribution >= 4 is 21.4 Å². The molecule has 6 heteroatoms. The van der Waals surface area contributed by atoms with Crippen LogP contribution in [0.25, 0.3) is 0 Å². The molecule has 4 nitrogen and oxygen atoms in total. The molecular weight excluding hydrogens is 279 g/mol. The predicted molar refractivity (Wildman–Crippen MR) is 77.5 cm³/mol. The van der Waals surface area contributed by atoms with Crippen molar-refractivity contribution < 1.29 is 12.8 Å². The first-order valence-corrected chi connectivity index (χ1v) is 7.44. The molecule has 0 heterocycles. The smallest absolute Gasteiger partial charge is 0.264 e. The van der Waals surface area contributed by atoms with Gasteiger partial charge in [0.2, 0.25) is 0 Å². The quantitative estimate of drug-likeness (QED) is 0.855. The summed E-state index contributed by atoms with van der Waals surface area (Å²) in [5.41, 5.74) is 7.09. The number of anilines is 2. The van der Waals surface area contributed by atoms with Crippen molar-refractivity contribution in [2.45, 2.75) is 18.7 Å². The third kappa shape index (κ3) is 2.60. The molecule has 106 valence electrons. The average molecular weight is 294 g/mol. The molecule has 0 aliphatic heterocycles. The van der Waals surface area contributed by atoms with Gasteiger partial charge in [0.1, 0.15) is 10.7 Å². The number of rotatable bonds is 3. The minimum atomic E-state index is -3.93. The molecule has 20 heavy (non-hydrogen) atoms. The number of para-hydroxylation sites is 1. The summed E-state index contributed by atoms with van der Waals surface area (Å²) in [6.45, 7) is 3.36. The van der Waals surface area contributed by atoms with E-state index in [1.54, 1.807) is 32.0 Å². The second-order valence-corrected chi connectivity index (χ2v) is 6.15. The molecule has 0 fully saturated rings. The lowest BCUT2D eigenvalue weighted by molar-refractivity contribution is 0.598. The summed E-state index contributed by atoms with van der Waals surface area (Å²) in [4.78, 5) is -0.0132.